The van der Waals surface area contributed by atoms with Crippen LogP contribution >= 0.6 is 0 Å². The molecule has 0 aliphatic carbocycles. The van der Waals surface area contributed by atoms with Gasteiger partial charge in [0.15, 0.2) is 0 Å². The second-order valence-corrected chi connectivity index (χ2v) is 5.92. The second kappa shape index (κ2) is 6.35. The van der Waals surface area contributed by atoms with Crippen molar-refractivity contribution in [2.24, 2.45) is 0 Å². The van der Waals surface area contributed by atoms with Crippen molar-refractivity contribution in [3.8, 4) is 5.75 Å². The lowest BCUT2D eigenvalue weighted by Gasteiger charge is -2.19. The van der Waals surface area contributed by atoms with Crippen molar-refractivity contribution in [3.63, 3.8) is 0 Å². The lowest BCUT2D eigenvalue weighted by Crippen LogP contribution is -2.35. The Morgan fingerprint density at radius 3 is 2.46 bits per heavy atom. The average molecular weight is 324 g/mol. The first-order valence-corrected chi connectivity index (χ1v) is 7.85. The zero-order valence-corrected chi connectivity index (χ0v) is 14.0. The maximum Gasteiger partial charge on any atom is 0.256 e. The lowest BCUT2D eigenvalue weighted by molar-refractivity contribution is -0.121. The van der Waals surface area contributed by atoms with Crippen molar-refractivity contribution < 1.29 is 14.3 Å². The molecule has 124 valence electrons. The molecule has 2 amide bonds. The Balaban J connectivity index is 1.82. The fourth-order valence-corrected chi connectivity index (χ4v) is 2.86. The maximum absolute atomic E-state index is 12.7. The summed E-state index contributed by atoms with van der Waals surface area (Å²) in [4.78, 5) is 26.4. The van der Waals surface area contributed by atoms with Gasteiger partial charge >= 0.3 is 0 Å². The average Bonchev–Trinajstić information content (AvgIpc) is 2.85. The summed E-state index contributed by atoms with van der Waals surface area (Å²) in [6.07, 6.45) is 0.151. The molecule has 0 aromatic heterocycles. The third-order valence-electron chi connectivity index (χ3n) is 4.39. The lowest BCUT2D eigenvalue weighted by atomic mass is 10.1. The Morgan fingerprint density at radius 2 is 1.79 bits per heavy atom. The minimum absolute atomic E-state index is 0.151. The number of imide groups is 1. The van der Waals surface area contributed by atoms with Gasteiger partial charge in [0, 0.05) is 5.69 Å². The fraction of sp³-hybridized carbons (Fsp3) is 0.263. The highest BCUT2D eigenvalue weighted by molar-refractivity contribution is 6.23. The summed E-state index contributed by atoms with van der Waals surface area (Å²) in [5.41, 5.74) is 3.46. The molecule has 0 saturated carbocycles. The first kappa shape index (κ1) is 16.1. The molecule has 1 atom stereocenters. The molecule has 5 heteroatoms. The van der Waals surface area contributed by atoms with Crippen molar-refractivity contribution in [3.05, 3.63) is 53.6 Å². The van der Waals surface area contributed by atoms with E-state index in [0.29, 0.717) is 5.69 Å². The summed E-state index contributed by atoms with van der Waals surface area (Å²) in [7, 11) is 1.60. The number of benzene rings is 2. The van der Waals surface area contributed by atoms with E-state index in [1.54, 1.807) is 7.11 Å². The van der Waals surface area contributed by atoms with E-state index in [1.807, 2.05) is 56.3 Å². The summed E-state index contributed by atoms with van der Waals surface area (Å²) in [6, 6.07) is 12.4. The molecule has 0 unspecified atom stereocenters. The predicted molar refractivity (Wildman–Crippen MR) is 93.4 cm³/mol. The van der Waals surface area contributed by atoms with Crippen molar-refractivity contribution in [1.82, 2.24) is 0 Å². The molecule has 3 rings (SSSR count). The molecular weight excluding hydrogens is 304 g/mol. The van der Waals surface area contributed by atoms with Crippen LogP contribution in [0.25, 0.3) is 0 Å². The number of carbonyl (C=O) groups excluding carboxylic acids is 2. The van der Waals surface area contributed by atoms with Gasteiger partial charge in [-0.25, -0.2) is 4.90 Å². The number of rotatable bonds is 4. The third kappa shape index (κ3) is 2.85. The Bertz CT molecular complexity index is 784. The molecule has 5 nitrogen and oxygen atoms in total. The van der Waals surface area contributed by atoms with Gasteiger partial charge in [0.2, 0.25) is 5.91 Å². The number of nitrogens with one attached hydrogen (secondary N) is 1. The van der Waals surface area contributed by atoms with Gasteiger partial charge in [-0.3, -0.25) is 9.59 Å². The molecule has 2 aromatic rings. The molecule has 24 heavy (non-hydrogen) atoms. The normalized spacial score (nSPS) is 17.3. The number of hydrogen-bond donors (Lipinski definition) is 1. The predicted octanol–water partition coefficient (Wildman–Crippen LogP) is 3.06. The first-order valence-electron chi connectivity index (χ1n) is 7.85. The summed E-state index contributed by atoms with van der Waals surface area (Å²) in [6.45, 7) is 3.90. The van der Waals surface area contributed by atoms with Crippen molar-refractivity contribution in [2.75, 3.05) is 17.3 Å². The summed E-state index contributed by atoms with van der Waals surface area (Å²) in [5, 5.41) is 3.14. The van der Waals surface area contributed by atoms with E-state index in [9.17, 15) is 9.59 Å². The minimum atomic E-state index is -0.550. The minimum Gasteiger partial charge on any atom is -0.497 e. The highest BCUT2D eigenvalue weighted by atomic mass is 16.5. The topological polar surface area (TPSA) is 58.6 Å². The fourth-order valence-electron chi connectivity index (χ4n) is 2.86. The second-order valence-electron chi connectivity index (χ2n) is 5.92. The van der Waals surface area contributed by atoms with Crippen LogP contribution in [0, 0.1) is 13.8 Å². The van der Waals surface area contributed by atoms with Crippen molar-refractivity contribution in [1.29, 1.82) is 0 Å². The largest absolute Gasteiger partial charge is 0.497 e. The Kier molecular flexibility index (Phi) is 4.25. The first-order chi connectivity index (χ1) is 11.5. The summed E-state index contributed by atoms with van der Waals surface area (Å²) >= 11 is 0. The van der Waals surface area contributed by atoms with E-state index in [4.69, 9.17) is 4.74 Å². The SMILES string of the molecule is COc1ccc(N[C@@H]2CC(=O)N(c3cccc(C)c3C)C2=O)cc1. The highest BCUT2D eigenvalue weighted by Crippen LogP contribution is 2.29. The number of nitrogens with zero attached hydrogens (tertiary/aromatic N) is 1. The zero-order chi connectivity index (χ0) is 17.3. The zero-order valence-electron chi connectivity index (χ0n) is 14.0. The van der Waals surface area contributed by atoms with Crippen LogP contribution in [0.4, 0.5) is 11.4 Å². The van der Waals surface area contributed by atoms with E-state index in [2.05, 4.69) is 5.32 Å². The Labute approximate surface area is 141 Å². The smallest absolute Gasteiger partial charge is 0.256 e. The molecular formula is C19H20N2O3. The van der Waals surface area contributed by atoms with Gasteiger partial charge in [0.1, 0.15) is 11.8 Å². The van der Waals surface area contributed by atoms with Crippen LogP contribution < -0.4 is 15.0 Å². The van der Waals surface area contributed by atoms with Crippen LogP contribution in [-0.2, 0) is 9.59 Å². The molecule has 1 N–H and O–H groups in total. The van der Waals surface area contributed by atoms with Gasteiger partial charge in [0.25, 0.3) is 5.91 Å². The van der Waals surface area contributed by atoms with Crippen LogP contribution in [0.3, 0.4) is 0 Å². The number of hydrogen-bond acceptors (Lipinski definition) is 4. The van der Waals surface area contributed by atoms with Crippen LogP contribution in [0.2, 0.25) is 0 Å². The number of amides is 2. The van der Waals surface area contributed by atoms with Gasteiger partial charge in [-0.1, -0.05) is 12.1 Å². The molecule has 0 radical (unpaired) electrons. The summed E-state index contributed by atoms with van der Waals surface area (Å²) < 4.78 is 5.12. The Hall–Kier alpha value is -2.82. The highest BCUT2D eigenvalue weighted by Gasteiger charge is 2.40. The number of ether oxygens (including phenoxy) is 1. The molecule has 1 aliphatic rings. The van der Waals surface area contributed by atoms with E-state index in [0.717, 1.165) is 22.6 Å². The molecule has 1 heterocycles. The van der Waals surface area contributed by atoms with Crippen LogP contribution in [0.15, 0.2) is 42.5 Å². The van der Waals surface area contributed by atoms with Gasteiger partial charge in [-0.2, -0.15) is 0 Å². The quantitative estimate of drug-likeness (QED) is 0.878. The molecule has 0 spiro atoms. The van der Waals surface area contributed by atoms with Crippen LogP contribution in [0.5, 0.6) is 5.75 Å². The van der Waals surface area contributed by atoms with E-state index in [1.165, 1.54) is 4.90 Å². The molecule has 1 saturated heterocycles. The van der Waals surface area contributed by atoms with Gasteiger partial charge in [-0.05, 0) is 55.3 Å². The van der Waals surface area contributed by atoms with Gasteiger partial charge in [-0.15, -0.1) is 0 Å². The monoisotopic (exact) mass is 324 g/mol. The molecule has 1 aliphatic heterocycles. The number of aryl methyl sites for hydroxylation is 1. The molecule has 0 bridgehead atoms. The van der Waals surface area contributed by atoms with Gasteiger partial charge < -0.3 is 10.1 Å². The van der Waals surface area contributed by atoms with Crippen LogP contribution in [0.1, 0.15) is 17.5 Å². The number of carbonyl (C=O) groups is 2. The van der Waals surface area contributed by atoms with Crippen molar-refractivity contribution in [2.45, 2.75) is 26.3 Å². The number of anilines is 2. The van der Waals surface area contributed by atoms with E-state index < -0.39 is 6.04 Å². The van der Waals surface area contributed by atoms with E-state index in [-0.39, 0.29) is 18.2 Å². The van der Waals surface area contributed by atoms with Gasteiger partial charge in [0.05, 0.1) is 19.2 Å². The van der Waals surface area contributed by atoms with Crippen LogP contribution in [-0.4, -0.2) is 25.0 Å². The maximum atomic E-state index is 12.7. The summed E-state index contributed by atoms with van der Waals surface area (Å²) in [5.74, 6) is 0.343. The number of methoxy groups -OCH3 is 1. The third-order valence-corrected chi connectivity index (χ3v) is 4.39. The Morgan fingerprint density at radius 1 is 1.08 bits per heavy atom. The molecule has 1 fully saturated rings. The van der Waals surface area contributed by atoms with E-state index >= 15 is 0 Å². The van der Waals surface area contributed by atoms with Crippen molar-refractivity contribution >= 4 is 23.2 Å². The standard InChI is InChI=1S/C19H20N2O3/c1-12-5-4-6-17(13(12)2)21-18(22)11-16(19(21)23)20-14-7-9-15(24-3)10-8-14/h4-10,16,20H,11H2,1-3H3/t16-/m1/s1. The molecule has 2 aromatic carbocycles.